The summed E-state index contributed by atoms with van der Waals surface area (Å²) in [4.78, 5) is 14.1. The molecule has 0 bridgehead atoms. The smallest absolute Gasteiger partial charge is 0.289 e. The van der Waals surface area contributed by atoms with Gasteiger partial charge in [0, 0.05) is 25.6 Å². The van der Waals surface area contributed by atoms with Crippen LogP contribution in [0.4, 0.5) is 0 Å². The Morgan fingerprint density at radius 3 is 3.00 bits per heavy atom. The van der Waals surface area contributed by atoms with Gasteiger partial charge < -0.3 is 15.1 Å². The van der Waals surface area contributed by atoms with Crippen molar-refractivity contribution >= 4 is 5.91 Å². The van der Waals surface area contributed by atoms with Gasteiger partial charge in [0.15, 0.2) is 5.76 Å². The summed E-state index contributed by atoms with van der Waals surface area (Å²) in [5.74, 6) is 1.34. The average molecular weight is 236 g/mol. The summed E-state index contributed by atoms with van der Waals surface area (Å²) >= 11 is 0. The molecule has 1 fully saturated rings. The number of carbonyl (C=O) groups is 1. The van der Waals surface area contributed by atoms with E-state index in [9.17, 15) is 4.79 Å². The van der Waals surface area contributed by atoms with E-state index in [0.29, 0.717) is 12.3 Å². The van der Waals surface area contributed by atoms with Crippen LogP contribution in [0.3, 0.4) is 0 Å². The van der Waals surface area contributed by atoms with E-state index >= 15 is 0 Å². The molecule has 2 heterocycles. The van der Waals surface area contributed by atoms with Crippen molar-refractivity contribution in [1.29, 1.82) is 0 Å². The minimum atomic E-state index is -0.0132. The molecule has 1 saturated heterocycles. The van der Waals surface area contributed by atoms with Crippen molar-refractivity contribution in [1.82, 2.24) is 4.90 Å². The van der Waals surface area contributed by atoms with Gasteiger partial charge in [0.2, 0.25) is 0 Å². The number of carbonyl (C=O) groups excluding carboxylic acids is 1. The first-order valence-corrected chi connectivity index (χ1v) is 6.27. The van der Waals surface area contributed by atoms with Gasteiger partial charge in [-0.1, -0.05) is 6.92 Å². The molecule has 2 rings (SSSR count). The molecule has 0 spiro atoms. The molecule has 1 amide bonds. The molecular formula is C13H20N2O2. The second-order valence-corrected chi connectivity index (χ2v) is 4.60. The highest BCUT2D eigenvalue weighted by Gasteiger charge is 2.30. The van der Waals surface area contributed by atoms with E-state index in [4.69, 9.17) is 10.2 Å². The van der Waals surface area contributed by atoms with Gasteiger partial charge in [0.1, 0.15) is 5.76 Å². The summed E-state index contributed by atoms with van der Waals surface area (Å²) < 4.78 is 5.60. The Kier molecular flexibility index (Phi) is 3.52. The molecule has 1 aromatic rings. The molecule has 0 saturated carbocycles. The lowest BCUT2D eigenvalue weighted by atomic mass is 10.2. The normalized spacial score (nSPS) is 19.9. The highest BCUT2D eigenvalue weighted by atomic mass is 16.4. The van der Waals surface area contributed by atoms with Crippen molar-refractivity contribution in [2.24, 2.45) is 5.73 Å². The maximum Gasteiger partial charge on any atom is 0.289 e. The van der Waals surface area contributed by atoms with Crippen LogP contribution in [0.5, 0.6) is 0 Å². The van der Waals surface area contributed by atoms with Crippen molar-refractivity contribution in [3.05, 3.63) is 23.2 Å². The van der Waals surface area contributed by atoms with Crippen LogP contribution in [0.15, 0.2) is 10.5 Å². The van der Waals surface area contributed by atoms with Gasteiger partial charge in [-0.05, 0) is 31.4 Å². The zero-order valence-electron chi connectivity index (χ0n) is 10.5. The van der Waals surface area contributed by atoms with Gasteiger partial charge in [0.25, 0.3) is 5.91 Å². The molecule has 0 aromatic carbocycles. The number of amides is 1. The minimum absolute atomic E-state index is 0.0132. The largest absolute Gasteiger partial charge is 0.456 e. The molecule has 17 heavy (non-hydrogen) atoms. The fraction of sp³-hybridized carbons (Fsp3) is 0.615. The minimum Gasteiger partial charge on any atom is -0.456 e. The predicted octanol–water partition coefficient (Wildman–Crippen LogP) is 1.71. The molecule has 1 aliphatic rings. The molecule has 4 nitrogen and oxygen atoms in total. The van der Waals surface area contributed by atoms with E-state index in [1.807, 2.05) is 24.8 Å². The van der Waals surface area contributed by atoms with Crippen LogP contribution in [0.25, 0.3) is 0 Å². The fourth-order valence-electron chi connectivity index (χ4n) is 2.47. The van der Waals surface area contributed by atoms with Crippen LogP contribution in [-0.4, -0.2) is 29.9 Å². The lowest BCUT2D eigenvalue weighted by Crippen LogP contribution is -2.39. The van der Waals surface area contributed by atoms with Gasteiger partial charge in [-0.25, -0.2) is 0 Å². The lowest BCUT2D eigenvalue weighted by Gasteiger charge is -2.22. The summed E-state index contributed by atoms with van der Waals surface area (Å²) in [7, 11) is 0. The van der Waals surface area contributed by atoms with E-state index in [1.165, 1.54) is 0 Å². The molecule has 1 aliphatic heterocycles. The van der Waals surface area contributed by atoms with Crippen LogP contribution in [0.2, 0.25) is 0 Å². The highest BCUT2D eigenvalue weighted by Crippen LogP contribution is 2.22. The predicted molar refractivity (Wildman–Crippen MR) is 65.9 cm³/mol. The monoisotopic (exact) mass is 236 g/mol. The first kappa shape index (κ1) is 12.2. The van der Waals surface area contributed by atoms with E-state index in [0.717, 1.165) is 37.1 Å². The first-order valence-electron chi connectivity index (χ1n) is 6.27. The number of likely N-dealkylation sites (tertiary alicyclic amines) is 1. The Morgan fingerprint density at radius 1 is 1.65 bits per heavy atom. The van der Waals surface area contributed by atoms with Crippen LogP contribution < -0.4 is 5.73 Å². The summed E-state index contributed by atoms with van der Waals surface area (Å²) in [5, 5.41) is 0. The van der Waals surface area contributed by atoms with Crippen LogP contribution in [-0.2, 0) is 6.42 Å². The topological polar surface area (TPSA) is 59.5 Å². The second kappa shape index (κ2) is 4.92. The molecule has 1 unspecified atom stereocenters. The number of hydrogen-bond acceptors (Lipinski definition) is 3. The number of nitrogens with two attached hydrogens (primary N) is 1. The quantitative estimate of drug-likeness (QED) is 0.869. The van der Waals surface area contributed by atoms with Crippen molar-refractivity contribution in [3.63, 3.8) is 0 Å². The Bertz CT molecular complexity index is 412. The third kappa shape index (κ3) is 2.22. The number of aryl methyl sites for hydroxylation is 2. The number of hydrogen-bond donors (Lipinski definition) is 1. The zero-order chi connectivity index (χ0) is 12.4. The van der Waals surface area contributed by atoms with E-state index in [1.54, 1.807) is 0 Å². The molecule has 0 aliphatic carbocycles. The standard InChI is InChI=1S/C13H20N2O2/c1-3-11-9(2)7-12(17-11)13(16)15-6-4-5-10(15)8-14/h7,10H,3-6,8,14H2,1-2H3. The van der Waals surface area contributed by atoms with Crippen molar-refractivity contribution in [2.45, 2.75) is 39.2 Å². The summed E-state index contributed by atoms with van der Waals surface area (Å²) in [5.41, 5.74) is 6.73. The van der Waals surface area contributed by atoms with E-state index in [-0.39, 0.29) is 11.9 Å². The molecule has 2 N–H and O–H groups in total. The van der Waals surface area contributed by atoms with Crippen LogP contribution >= 0.6 is 0 Å². The first-order chi connectivity index (χ1) is 8.17. The van der Waals surface area contributed by atoms with Crippen molar-refractivity contribution < 1.29 is 9.21 Å². The van der Waals surface area contributed by atoms with Crippen molar-refractivity contribution in [2.75, 3.05) is 13.1 Å². The highest BCUT2D eigenvalue weighted by molar-refractivity contribution is 5.92. The number of rotatable bonds is 3. The molecule has 1 aromatic heterocycles. The Labute approximate surface area is 102 Å². The second-order valence-electron chi connectivity index (χ2n) is 4.60. The Balaban J connectivity index is 2.18. The molecule has 0 radical (unpaired) electrons. The van der Waals surface area contributed by atoms with E-state index < -0.39 is 0 Å². The fourth-order valence-corrected chi connectivity index (χ4v) is 2.47. The van der Waals surface area contributed by atoms with Crippen LogP contribution in [0.1, 0.15) is 41.6 Å². The zero-order valence-corrected chi connectivity index (χ0v) is 10.5. The average Bonchev–Trinajstić information content (AvgIpc) is 2.93. The summed E-state index contributed by atoms with van der Waals surface area (Å²) in [6.45, 7) is 5.33. The van der Waals surface area contributed by atoms with Crippen LogP contribution in [0, 0.1) is 6.92 Å². The molecule has 94 valence electrons. The molecular weight excluding hydrogens is 216 g/mol. The SMILES string of the molecule is CCc1oc(C(=O)N2CCCC2CN)cc1C. The summed E-state index contributed by atoms with van der Waals surface area (Å²) in [6, 6.07) is 2.02. The van der Waals surface area contributed by atoms with Gasteiger partial charge in [0.05, 0.1) is 0 Å². The Hall–Kier alpha value is -1.29. The molecule has 4 heteroatoms. The van der Waals surface area contributed by atoms with Crippen molar-refractivity contribution in [3.8, 4) is 0 Å². The van der Waals surface area contributed by atoms with Gasteiger partial charge in [-0.15, -0.1) is 0 Å². The third-order valence-electron chi connectivity index (χ3n) is 3.46. The van der Waals surface area contributed by atoms with E-state index in [2.05, 4.69) is 0 Å². The van der Waals surface area contributed by atoms with Gasteiger partial charge in [-0.2, -0.15) is 0 Å². The lowest BCUT2D eigenvalue weighted by molar-refractivity contribution is 0.0707. The maximum atomic E-state index is 12.3. The van der Waals surface area contributed by atoms with Gasteiger partial charge >= 0.3 is 0 Å². The molecule has 1 atom stereocenters. The Morgan fingerprint density at radius 2 is 2.41 bits per heavy atom. The summed E-state index contributed by atoms with van der Waals surface area (Å²) in [6.07, 6.45) is 2.86. The number of furan rings is 1. The van der Waals surface area contributed by atoms with Gasteiger partial charge in [-0.3, -0.25) is 4.79 Å². The third-order valence-corrected chi connectivity index (χ3v) is 3.46. The number of nitrogens with zero attached hydrogens (tertiary/aromatic N) is 1. The maximum absolute atomic E-state index is 12.3.